The minimum Gasteiger partial charge on any atom is -0.192 e. The number of hydrogen-bond donors (Lipinski definition) is 2. The lowest BCUT2D eigenvalue weighted by Gasteiger charge is -2.41. The first-order valence-electron chi connectivity index (χ1n) is 5.92. The maximum absolute atomic E-state index is 13.2. The molecule has 0 aliphatic carbocycles. The average molecular weight is 516 g/mol. The van der Waals surface area contributed by atoms with Crippen molar-refractivity contribution < 1.29 is 87.7 Å². The number of hydrogen-bond acceptors (Lipinski definition) is 3. The van der Waals surface area contributed by atoms with Crippen molar-refractivity contribution in [3.63, 3.8) is 0 Å². The third-order valence-electron chi connectivity index (χ3n) is 3.15. The molecule has 22 heteroatoms. The summed E-state index contributed by atoms with van der Waals surface area (Å²) in [5.74, 6) is -48.1. The molecule has 0 bridgehead atoms. The van der Waals surface area contributed by atoms with Gasteiger partial charge >= 0.3 is 57.5 Å². The summed E-state index contributed by atoms with van der Waals surface area (Å²) in [4.78, 5) is 0. The molecule has 4 nitrogen and oxygen atoms in total. The lowest BCUT2D eigenvalue weighted by molar-refractivity contribution is -0.458. The predicted octanol–water partition coefficient (Wildman–Crippen LogP) is 4.73. The first kappa shape index (κ1) is 28.8. The van der Waals surface area contributed by atoms with Crippen LogP contribution in [-0.2, 0) is 19.0 Å². The van der Waals surface area contributed by atoms with Gasteiger partial charge in [0.05, 0.1) is 0 Å². The summed E-state index contributed by atoms with van der Waals surface area (Å²) in [6.07, 6.45) is -7.87. The van der Waals surface area contributed by atoms with Crippen molar-refractivity contribution in [1.82, 2.24) is 0 Å². The summed E-state index contributed by atoms with van der Waals surface area (Å²) in [5.41, 5.74) is 0. The fraction of sp³-hybridized carbons (Fsp3) is 1.00. The summed E-state index contributed by atoms with van der Waals surface area (Å²) >= 11 is 0. The first-order chi connectivity index (χ1) is 12.6. The maximum Gasteiger partial charge on any atom is 0.547 e. The quantitative estimate of drug-likeness (QED) is 0.278. The van der Waals surface area contributed by atoms with Crippen LogP contribution in [-0.4, -0.2) is 51.5 Å². The summed E-state index contributed by atoms with van der Waals surface area (Å²) in [6, 6.07) is 0. The summed E-state index contributed by atoms with van der Waals surface area (Å²) in [5, 5.41) is -7.63. The molecular formula is C8H3F17NO3S+. The van der Waals surface area contributed by atoms with Crippen molar-refractivity contribution in [1.29, 1.82) is 0 Å². The van der Waals surface area contributed by atoms with E-state index in [9.17, 15) is 78.8 Å². The smallest absolute Gasteiger partial charge is 0.192 e. The number of halogens is 17. The second-order valence-corrected chi connectivity index (χ2v) is 6.69. The molecule has 30 heavy (non-hydrogen) atoms. The fourth-order valence-corrected chi connectivity index (χ4v) is 1.94. The maximum atomic E-state index is 13.2. The van der Waals surface area contributed by atoms with Crippen molar-refractivity contribution in [3.05, 3.63) is 0 Å². The fourth-order valence-electron chi connectivity index (χ4n) is 1.37. The molecule has 0 spiro atoms. The van der Waals surface area contributed by atoms with E-state index in [4.69, 9.17) is 4.55 Å². The zero-order valence-electron chi connectivity index (χ0n) is 12.7. The van der Waals surface area contributed by atoms with Gasteiger partial charge in [-0.2, -0.15) is 76.3 Å². The van der Waals surface area contributed by atoms with Gasteiger partial charge in [0, 0.05) is 0 Å². The molecule has 0 radical (unpaired) electrons. The van der Waals surface area contributed by atoms with Crippen LogP contribution in [0, 0.1) is 0 Å². The number of rotatable bonds is 8. The van der Waals surface area contributed by atoms with Crippen LogP contribution < -0.4 is 5.90 Å². The van der Waals surface area contributed by atoms with E-state index >= 15 is 0 Å². The Morgan fingerprint density at radius 2 is 0.767 bits per heavy atom. The molecule has 0 rings (SSSR count). The zero-order valence-corrected chi connectivity index (χ0v) is 13.5. The zero-order chi connectivity index (χ0) is 25.2. The molecule has 0 saturated carbocycles. The highest BCUT2D eigenvalue weighted by Gasteiger charge is 2.98. The lowest BCUT2D eigenvalue weighted by Crippen LogP contribution is -2.75. The minimum atomic E-state index is -8.85. The van der Waals surface area contributed by atoms with Gasteiger partial charge in [0.2, 0.25) is 0 Å². The predicted molar refractivity (Wildman–Crippen MR) is 56.6 cm³/mol. The van der Waals surface area contributed by atoms with Crippen molar-refractivity contribution in [2.24, 2.45) is 5.90 Å². The molecule has 0 aromatic carbocycles. The van der Waals surface area contributed by atoms with E-state index in [0.29, 0.717) is 0 Å². The Labute approximate surface area is 152 Å². The van der Waals surface area contributed by atoms with E-state index in [1.807, 2.05) is 0 Å². The molecule has 0 aromatic heterocycles. The normalized spacial score (nSPS) is 18.4. The lowest BCUT2D eigenvalue weighted by atomic mass is 9.91. The van der Waals surface area contributed by atoms with Crippen LogP contribution in [0.3, 0.4) is 0 Å². The van der Waals surface area contributed by atoms with Gasteiger partial charge in [-0.3, -0.25) is 0 Å². The first-order valence-corrected chi connectivity index (χ1v) is 7.36. The van der Waals surface area contributed by atoms with E-state index < -0.39 is 57.5 Å². The Morgan fingerprint density at radius 3 is 1.00 bits per heavy atom. The van der Waals surface area contributed by atoms with Gasteiger partial charge in [-0.25, -0.2) is 0 Å². The Morgan fingerprint density at radius 1 is 0.533 bits per heavy atom. The van der Waals surface area contributed by atoms with E-state index in [-0.39, 0.29) is 0 Å². The molecule has 182 valence electrons. The van der Waals surface area contributed by atoms with Gasteiger partial charge in [-0.15, -0.1) is 8.78 Å². The number of alkyl halides is 17. The molecule has 0 aliphatic rings. The van der Waals surface area contributed by atoms with Crippen molar-refractivity contribution in [2.45, 2.75) is 47.0 Å². The highest BCUT2D eigenvalue weighted by Crippen LogP contribution is 2.64. The Hall–Kier alpha value is -1.16. The van der Waals surface area contributed by atoms with E-state index in [1.54, 1.807) is 0 Å². The van der Waals surface area contributed by atoms with E-state index in [2.05, 4.69) is 10.2 Å². The molecule has 1 atom stereocenters. The van der Waals surface area contributed by atoms with Crippen molar-refractivity contribution >= 4 is 10.5 Å². The molecular weight excluding hydrogens is 513 g/mol. The topological polar surface area (TPSA) is 72.5 Å². The molecule has 0 saturated heterocycles. The van der Waals surface area contributed by atoms with Crippen LogP contribution in [0.25, 0.3) is 0 Å². The van der Waals surface area contributed by atoms with Crippen LogP contribution in [0.15, 0.2) is 0 Å². The standard InChI is InChI=1S/C8H2F17NO3S/c9-1(10,3(13,14)5(17,18)7(21,22)23)2(11,12)4(15,16)6(19,20)8(24,25)30(27,28)29-26/h26H2/p+1. The van der Waals surface area contributed by atoms with Crippen LogP contribution in [0.2, 0.25) is 0 Å². The summed E-state index contributed by atoms with van der Waals surface area (Å²) in [6.45, 7) is 0. The number of nitrogens with two attached hydrogens (primary N) is 1. The Bertz CT molecular complexity index is 700. The van der Waals surface area contributed by atoms with Gasteiger partial charge in [0.25, 0.3) is 0 Å². The van der Waals surface area contributed by atoms with Crippen LogP contribution in [0.5, 0.6) is 0 Å². The van der Waals surface area contributed by atoms with Gasteiger partial charge in [0.15, 0.2) is 0 Å². The van der Waals surface area contributed by atoms with Crippen LogP contribution >= 0.6 is 0 Å². The van der Waals surface area contributed by atoms with Crippen molar-refractivity contribution in [3.8, 4) is 0 Å². The largest absolute Gasteiger partial charge is 0.547 e. The molecule has 0 fully saturated rings. The molecule has 0 amide bonds. The highest BCUT2D eigenvalue weighted by atomic mass is 32.3. The average Bonchev–Trinajstić information content (AvgIpc) is 2.52. The molecule has 1 unspecified atom stereocenters. The van der Waals surface area contributed by atoms with Gasteiger partial charge in [0.1, 0.15) is 0 Å². The van der Waals surface area contributed by atoms with Gasteiger partial charge in [-0.1, -0.05) is 0 Å². The van der Waals surface area contributed by atoms with E-state index in [0.717, 1.165) is 0 Å². The molecule has 0 aromatic rings. The summed E-state index contributed by atoms with van der Waals surface area (Å²) < 4.78 is 238. The third-order valence-corrected chi connectivity index (χ3v) is 4.31. The highest BCUT2D eigenvalue weighted by molar-refractivity contribution is 7.94. The Kier molecular flexibility index (Phi) is 6.65. The summed E-state index contributed by atoms with van der Waals surface area (Å²) in [7, 11) is -7.36. The van der Waals surface area contributed by atoms with Gasteiger partial charge < -0.3 is 0 Å². The van der Waals surface area contributed by atoms with Crippen LogP contribution in [0.1, 0.15) is 0 Å². The molecule has 0 heterocycles. The SMILES string of the molecule is NO[S+](=O)(O)C(F)(F)C(F)(F)C(F)(F)C(F)(F)C(F)(F)C(F)(F)C(F)(F)C(F)(F)F. The van der Waals surface area contributed by atoms with Gasteiger partial charge in [-0.05, 0) is 8.49 Å². The van der Waals surface area contributed by atoms with E-state index in [1.165, 1.54) is 0 Å². The van der Waals surface area contributed by atoms with Crippen LogP contribution in [0.4, 0.5) is 74.6 Å². The third kappa shape index (κ3) is 3.29. The molecule has 0 aliphatic heterocycles. The minimum absolute atomic E-state index is 2.22. The monoisotopic (exact) mass is 516 g/mol. The second kappa shape index (κ2) is 6.92. The second-order valence-electron chi connectivity index (χ2n) is 5.03. The molecule has 3 N–H and O–H groups in total. The Balaban J connectivity index is 6.89. The van der Waals surface area contributed by atoms with Crippen molar-refractivity contribution in [2.75, 3.05) is 0 Å².